The predicted molar refractivity (Wildman–Crippen MR) is 74.1 cm³/mol. The van der Waals surface area contributed by atoms with Crippen LogP contribution in [0.5, 0.6) is 0 Å². The fourth-order valence-corrected chi connectivity index (χ4v) is 2.59. The van der Waals surface area contributed by atoms with E-state index in [2.05, 4.69) is 18.3 Å². The normalized spacial score (nSPS) is 16.5. The van der Waals surface area contributed by atoms with Crippen LogP contribution in [0.1, 0.15) is 49.8 Å². The number of aryl methyl sites for hydroxylation is 1. The molecule has 0 aliphatic heterocycles. The van der Waals surface area contributed by atoms with E-state index in [0.717, 1.165) is 38.3 Å². The van der Waals surface area contributed by atoms with Crippen molar-refractivity contribution in [3.8, 4) is 0 Å². The first kappa shape index (κ1) is 14.2. The van der Waals surface area contributed by atoms with Gasteiger partial charge in [-0.1, -0.05) is 18.6 Å². The summed E-state index contributed by atoms with van der Waals surface area (Å²) < 4.78 is 27.4. The van der Waals surface area contributed by atoms with Crippen molar-refractivity contribution in [1.29, 1.82) is 0 Å². The number of rotatable bonds is 5. The van der Waals surface area contributed by atoms with Gasteiger partial charge in [-0.3, -0.25) is 0 Å². The van der Waals surface area contributed by atoms with Gasteiger partial charge in [0.1, 0.15) is 11.6 Å². The maximum Gasteiger partial charge on any atom is 0.131 e. The van der Waals surface area contributed by atoms with E-state index >= 15 is 0 Å². The summed E-state index contributed by atoms with van der Waals surface area (Å²) in [6.07, 6.45) is 6.36. The number of nitrogens with one attached hydrogen (secondary N) is 1. The second-order valence-corrected chi connectivity index (χ2v) is 5.18. The van der Waals surface area contributed by atoms with Crippen molar-refractivity contribution in [3.63, 3.8) is 0 Å². The van der Waals surface area contributed by atoms with Crippen molar-refractivity contribution in [2.45, 2.75) is 45.6 Å². The molecule has 104 valence electrons. The van der Waals surface area contributed by atoms with Crippen LogP contribution in [0, 0.1) is 18.6 Å². The quantitative estimate of drug-likeness (QED) is 0.777. The lowest BCUT2D eigenvalue weighted by Crippen LogP contribution is -2.24. The van der Waals surface area contributed by atoms with Crippen LogP contribution in [0.3, 0.4) is 0 Å². The van der Waals surface area contributed by atoms with E-state index in [1.54, 1.807) is 13.0 Å². The molecule has 0 saturated heterocycles. The van der Waals surface area contributed by atoms with Gasteiger partial charge in [0.15, 0.2) is 0 Å². The maximum atomic E-state index is 14.1. The average molecular weight is 265 g/mol. The Kier molecular flexibility index (Phi) is 4.70. The maximum absolute atomic E-state index is 14.1. The number of hydrogen-bond acceptors (Lipinski definition) is 1. The molecule has 2 rings (SSSR count). The Morgan fingerprint density at radius 1 is 1.26 bits per heavy atom. The molecule has 0 aromatic heterocycles. The summed E-state index contributed by atoms with van der Waals surface area (Å²) in [7, 11) is 0. The first-order valence-electron chi connectivity index (χ1n) is 7.01. The van der Waals surface area contributed by atoms with Crippen molar-refractivity contribution in [3.05, 3.63) is 46.5 Å². The molecule has 3 heteroatoms. The SMILES string of the molecule is CCCNC(C1=CCCC1)c1cc(C)c(F)cc1F. The summed E-state index contributed by atoms with van der Waals surface area (Å²) in [5.41, 5.74) is 2.30. The van der Waals surface area contributed by atoms with Crippen molar-refractivity contribution < 1.29 is 8.78 Å². The summed E-state index contributed by atoms with van der Waals surface area (Å²) >= 11 is 0. The van der Waals surface area contributed by atoms with Crippen LogP contribution < -0.4 is 5.32 Å². The van der Waals surface area contributed by atoms with E-state index < -0.39 is 11.6 Å². The van der Waals surface area contributed by atoms with E-state index in [9.17, 15) is 8.78 Å². The zero-order valence-electron chi connectivity index (χ0n) is 11.6. The van der Waals surface area contributed by atoms with Gasteiger partial charge in [0, 0.05) is 11.6 Å². The third kappa shape index (κ3) is 3.21. The highest BCUT2D eigenvalue weighted by Gasteiger charge is 2.22. The molecule has 1 aliphatic rings. The fourth-order valence-electron chi connectivity index (χ4n) is 2.59. The molecule has 19 heavy (non-hydrogen) atoms. The van der Waals surface area contributed by atoms with Crippen molar-refractivity contribution in [2.24, 2.45) is 0 Å². The summed E-state index contributed by atoms with van der Waals surface area (Å²) in [6, 6.07) is 2.53. The van der Waals surface area contributed by atoms with Crippen LogP contribution in [0.15, 0.2) is 23.8 Å². The molecule has 1 unspecified atom stereocenters. The lowest BCUT2D eigenvalue weighted by molar-refractivity contribution is 0.521. The van der Waals surface area contributed by atoms with Crippen LogP contribution in [0.4, 0.5) is 8.78 Å². The van der Waals surface area contributed by atoms with Crippen molar-refractivity contribution >= 4 is 0 Å². The highest BCUT2D eigenvalue weighted by Crippen LogP contribution is 2.32. The summed E-state index contributed by atoms with van der Waals surface area (Å²) in [5.74, 6) is -0.930. The van der Waals surface area contributed by atoms with Gasteiger partial charge in [-0.05, 0) is 50.8 Å². The van der Waals surface area contributed by atoms with Crippen molar-refractivity contribution in [2.75, 3.05) is 6.54 Å². The minimum absolute atomic E-state index is 0.109. The van der Waals surface area contributed by atoms with Gasteiger partial charge < -0.3 is 5.32 Å². The van der Waals surface area contributed by atoms with Crippen LogP contribution in [-0.2, 0) is 0 Å². The van der Waals surface area contributed by atoms with Gasteiger partial charge in [-0.15, -0.1) is 0 Å². The molecule has 1 aromatic carbocycles. The highest BCUT2D eigenvalue weighted by molar-refractivity contribution is 5.34. The Hall–Kier alpha value is -1.22. The van der Waals surface area contributed by atoms with Crippen LogP contribution >= 0.6 is 0 Å². The van der Waals surface area contributed by atoms with Crippen LogP contribution in [0.25, 0.3) is 0 Å². The molecule has 1 aromatic rings. The van der Waals surface area contributed by atoms with Gasteiger partial charge >= 0.3 is 0 Å². The number of benzene rings is 1. The molecule has 1 aliphatic carbocycles. The van der Waals surface area contributed by atoms with Gasteiger partial charge in [0.05, 0.1) is 6.04 Å². The molecule has 0 bridgehead atoms. The molecule has 0 amide bonds. The summed E-state index contributed by atoms with van der Waals surface area (Å²) in [4.78, 5) is 0. The van der Waals surface area contributed by atoms with E-state index in [1.165, 1.54) is 5.57 Å². The van der Waals surface area contributed by atoms with Gasteiger partial charge in [0.2, 0.25) is 0 Å². The number of halogens is 2. The Balaban J connectivity index is 2.34. The summed E-state index contributed by atoms with van der Waals surface area (Å²) in [6.45, 7) is 4.59. The molecule has 1 nitrogen and oxygen atoms in total. The van der Waals surface area contributed by atoms with E-state index in [4.69, 9.17) is 0 Å². The third-order valence-corrected chi connectivity index (χ3v) is 3.63. The lowest BCUT2D eigenvalue weighted by Gasteiger charge is -2.22. The van der Waals surface area contributed by atoms with Crippen LogP contribution in [-0.4, -0.2) is 6.54 Å². The van der Waals surface area contributed by atoms with Gasteiger partial charge in [-0.2, -0.15) is 0 Å². The number of allylic oxidation sites excluding steroid dienone is 1. The predicted octanol–water partition coefficient (Wildman–Crippen LogP) is 4.42. The van der Waals surface area contributed by atoms with Crippen molar-refractivity contribution in [1.82, 2.24) is 5.32 Å². The molecular weight excluding hydrogens is 244 g/mol. The molecule has 1 N–H and O–H groups in total. The minimum atomic E-state index is -0.476. The Bertz CT molecular complexity index is 480. The van der Waals surface area contributed by atoms with Gasteiger partial charge in [-0.25, -0.2) is 8.78 Å². The smallest absolute Gasteiger partial charge is 0.131 e. The first-order valence-corrected chi connectivity index (χ1v) is 7.01. The molecule has 0 spiro atoms. The Morgan fingerprint density at radius 3 is 2.68 bits per heavy atom. The molecule has 0 fully saturated rings. The molecule has 1 atom stereocenters. The zero-order valence-corrected chi connectivity index (χ0v) is 11.6. The molecule has 0 saturated carbocycles. The van der Waals surface area contributed by atoms with Gasteiger partial charge in [0.25, 0.3) is 0 Å². The second kappa shape index (κ2) is 6.29. The Labute approximate surface area is 113 Å². The molecular formula is C16H21F2N. The number of hydrogen-bond donors (Lipinski definition) is 1. The first-order chi connectivity index (χ1) is 9.13. The topological polar surface area (TPSA) is 12.0 Å². The van der Waals surface area contributed by atoms with E-state index in [0.29, 0.717) is 11.1 Å². The van der Waals surface area contributed by atoms with E-state index in [1.807, 2.05) is 0 Å². The lowest BCUT2D eigenvalue weighted by atomic mass is 9.96. The largest absolute Gasteiger partial charge is 0.306 e. The second-order valence-electron chi connectivity index (χ2n) is 5.18. The standard InChI is InChI=1S/C16H21F2N/c1-3-8-19-16(12-6-4-5-7-12)13-9-11(2)14(17)10-15(13)18/h6,9-10,16,19H,3-5,7-8H2,1-2H3. The monoisotopic (exact) mass is 265 g/mol. The summed E-state index contributed by atoms with van der Waals surface area (Å²) in [5, 5.41) is 3.38. The zero-order chi connectivity index (χ0) is 13.8. The average Bonchev–Trinajstić information content (AvgIpc) is 2.89. The van der Waals surface area contributed by atoms with Crippen LogP contribution in [0.2, 0.25) is 0 Å². The highest BCUT2D eigenvalue weighted by atomic mass is 19.1. The molecule has 0 heterocycles. The third-order valence-electron chi connectivity index (χ3n) is 3.63. The minimum Gasteiger partial charge on any atom is -0.306 e. The fraction of sp³-hybridized carbons (Fsp3) is 0.500. The van der Waals surface area contributed by atoms with E-state index in [-0.39, 0.29) is 6.04 Å². The molecule has 0 radical (unpaired) electrons. The Morgan fingerprint density at radius 2 is 2.05 bits per heavy atom.